The molecule has 118 valence electrons. The molecule has 1 aliphatic carbocycles. The Hall–Kier alpha value is -0.580. The van der Waals surface area contributed by atoms with Crippen molar-refractivity contribution in [3.63, 3.8) is 0 Å². The molecular weight excluding hydrogens is 328 g/mol. The standard InChI is InChI=1S/C17H27BrN2O/c1-20(15-6-3-2-4-7-15)11-5-10-19-13-14-8-9-17(21)16(18)12-14/h8-9,12,15,19,21H,2-7,10-11,13H2,1H3. The SMILES string of the molecule is CN(CCCNCc1ccc(O)c(Br)c1)C1CCCCC1. The van der Waals surface area contributed by atoms with Gasteiger partial charge in [-0.15, -0.1) is 0 Å². The van der Waals surface area contributed by atoms with E-state index in [1.165, 1.54) is 50.6 Å². The lowest BCUT2D eigenvalue weighted by molar-refractivity contribution is 0.189. The number of nitrogens with one attached hydrogen (secondary N) is 1. The smallest absolute Gasteiger partial charge is 0.129 e. The summed E-state index contributed by atoms with van der Waals surface area (Å²) in [4.78, 5) is 2.54. The number of phenols is 1. The average Bonchev–Trinajstić information content (AvgIpc) is 2.51. The molecule has 1 saturated carbocycles. The molecule has 1 fully saturated rings. The highest BCUT2D eigenvalue weighted by Crippen LogP contribution is 2.24. The number of hydrogen-bond donors (Lipinski definition) is 2. The molecule has 0 atom stereocenters. The highest BCUT2D eigenvalue weighted by molar-refractivity contribution is 9.10. The minimum absolute atomic E-state index is 0.299. The Morgan fingerprint density at radius 3 is 2.76 bits per heavy atom. The van der Waals surface area contributed by atoms with Crippen molar-refractivity contribution in [1.29, 1.82) is 0 Å². The fourth-order valence-electron chi connectivity index (χ4n) is 3.05. The summed E-state index contributed by atoms with van der Waals surface area (Å²) in [6.45, 7) is 3.07. The van der Waals surface area contributed by atoms with Gasteiger partial charge in [-0.25, -0.2) is 0 Å². The fraction of sp³-hybridized carbons (Fsp3) is 0.647. The maximum absolute atomic E-state index is 9.47. The van der Waals surface area contributed by atoms with Crippen LogP contribution in [0.3, 0.4) is 0 Å². The molecule has 0 aliphatic heterocycles. The Bertz CT molecular complexity index is 433. The van der Waals surface area contributed by atoms with Gasteiger partial charge in [0.25, 0.3) is 0 Å². The van der Waals surface area contributed by atoms with Crippen LogP contribution >= 0.6 is 15.9 Å². The van der Waals surface area contributed by atoms with Crippen LogP contribution in [-0.2, 0) is 6.54 Å². The van der Waals surface area contributed by atoms with E-state index in [4.69, 9.17) is 0 Å². The Labute approximate surface area is 136 Å². The van der Waals surface area contributed by atoms with Gasteiger partial charge in [0.15, 0.2) is 0 Å². The van der Waals surface area contributed by atoms with E-state index in [-0.39, 0.29) is 0 Å². The van der Waals surface area contributed by atoms with Gasteiger partial charge in [-0.05, 0) is 73.0 Å². The maximum atomic E-state index is 9.47. The first-order valence-electron chi connectivity index (χ1n) is 8.05. The van der Waals surface area contributed by atoms with Gasteiger partial charge in [-0.3, -0.25) is 0 Å². The van der Waals surface area contributed by atoms with Crippen molar-refractivity contribution < 1.29 is 5.11 Å². The second kappa shape index (κ2) is 8.76. The number of rotatable bonds is 7. The minimum Gasteiger partial charge on any atom is -0.507 e. The summed E-state index contributed by atoms with van der Waals surface area (Å²) >= 11 is 3.35. The molecule has 1 aliphatic rings. The number of nitrogens with zero attached hydrogens (tertiary/aromatic N) is 1. The van der Waals surface area contributed by atoms with Gasteiger partial charge in [0.05, 0.1) is 4.47 Å². The third-order valence-electron chi connectivity index (χ3n) is 4.40. The first-order valence-corrected chi connectivity index (χ1v) is 8.84. The Kier molecular flexibility index (Phi) is 7.00. The molecule has 21 heavy (non-hydrogen) atoms. The van der Waals surface area contributed by atoms with Crippen LogP contribution < -0.4 is 5.32 Å². The highest BCUT2D eigenvalue weighted by Gasteiger charge is 2.17. The van der Waals surface area contributed by atoms with Crippen LogP contribution in [0, 0.1) is 0 Å². The fourth-order valence-corrected chi connectivity index (χ4v) is 3.48. The zero-order valence-electron chi connectivity index (χ0n) is 12.9. The lowest BCUT2D eigenvalue weighted by Gasteiger charge is -2.31. The quantitative estimate of drug-likeness (QED) is 0.729. The van der Waals surface area contributed by atoms with Crippen LogP contribution in [0.2, 0.25) is 0 Å². The van der Waals surface area contributed by atoms with Gasteiger partial charge in [0.1, 0.15) is 5.75 Å². The lowest BCUT2D eigenvalue weighted by Crippen LogP contribution is -2.35. The molecule has 2 rings (SSSR count). The van der Waals surface area contributed by atoms with E-state index in [0.717, 1.165) is 23.6 Å². The van der Waals surface area contributed by atoms with Crippen LogP contribution in [0.25, 0.3) is 0 Å². The van der Waals surface area contributed by atoms with Gasteiger partial charge < -0.3 is 15.3 Å². The first-order chi connectivity index (χ1) is 10.2. The molecule has 2 N–H and O–H groups in total. The van der Waals surface area contributed by atoms with Crippen molar-refractivity contribution in [1.82, 2.24) is 10.2 Å². The molecular formula is C17H27BrN2O. The summed E-state index contributed by atoms with van der Waals surface area (Å²) in [5.41, 5.74) is 1.19. The summed E-state index contributed by atoms with van der Waals surface area (Å²) in [5.74, 6) is 0.299. The van der Waals surface area contributed by atoms with Crippen molar-refractivity contribution in [3.05, 3.63) is 28.2 Å². The lowest BCUT2D eigenvalue weighted by atomic mass is 9.94. The highest BCUT2D eigenvalue weighted by atomic mass is 79.9. The van der Waals surface area contributed by atoms with E-state index in [1.807, 2.05) is 12.1 Å². The Balaban J connectivity index is 1.60. The van der Waals surface area contributed by atoms with E-state index in [2.05, 4.69) is 33.2 Å². The summed E-state index contributed by atoms with van der Waals surface area (Å²) in [6, 6.07) is 6.47. The van der Waals surface area contributed by atoms with Gasteiger partial charge in [0, 0.05) is 12.6 Å². The van der Waals surface area contributed by atoms with Gasteiger partial charge >= 0.3 is 0 Å². The topological polar surface area (TPSA) is 35.5 Å². The number of phenolic OH excluding ortho intramolecular Hbond substituents is 1. The molecule has 0 bridgehead atoms. The summed E-state index contributed by atoms with van der Waals surface area (Å²) in [5, 5.41) is 12.9. The van der Waals surface area contributed by atoms with Crippen LogP contribution in [0.5, 0.6) is 5.75 Å². The molecule has 0 unspecified atom stereocenters. The third kappa shape index (κ3) is 5.61. The predicted molar refractivity (Wildman–Crippen MR) is 91.6 cm³/mol. The minimum atomic E-state index is 0.299. The number of benzene rings is 1. The molecule has 1 aromatic carbocycles. The van der Waals surface area contributed by atoms with E-state index in [9.17, 15) is 5.11 Å². The number of hydrogen-bond acceptors (Lipinski definition) is 3. The Morgan fingerprint density at radius 1 is 1.29 bits per heavy atom. The third-order valence-corrected chi connectivity index (χ3v) is 5.04. The molecule has 0 radical (unpaired) electrons. The molecule has 4 heteroatoms. The zero-order chi connectivity index (χ0) is 15.1. The van der Waals surface area contributed by atoms with Crippen molar-refractivity contribution in [2.24, 2.45) is 0 Å². The van der Waals surface area contributed by atoms with Crippen LogP contribution in [-0.4, -0.2) is 36.2 Å². The number of halogens is 1. The van der Waals surface area contributed by atoms with Crippen molar-refractivity contribution in [2.75, 3.05) is 20.1 Å². The van der Waals surface area contributed by atoms with Crippen molar-refractivity contribution in [2.45, 2.75) is 51.1 Å². The Morgan fingerprint density at radius 2 is 2.05 bits per heavy atom. The molecule has 0 spiro atoms. The maximum Gasteiger partial charge on any atom is 0.129 e. The van der Waals surface area contributed by atoms with Crippen molar-refractivity contribution in [3.8, 4) is 5.75 Å². The van der Waals surface area contributed by atoms with Crippen LogP contribution in [0.4, 0.5) is 0 Å². The van der Waals surface area contributed by atoms with Crippen LogP contribution in [0.1, 0.15) is 44.1 Å². The second-order valence-corrected chi connectivity index (χ2v) is 6.94. The molecule has 0 saturated heterocycles. The molecule has 1 aromatic rings. The van der Waals surface area contributed by atoms with E-state index in [1.54, 1.807) is 6.07 Å². The molecule has 3 nitrogen and oxygen atoms in total. The molecule has 0 amide bonds. The van der Waals surface area contributed by atoms with Crippen LogP contribution in [0.15, 0.2) is 22.7 Å². The van der Waals surface area contributed by atoms with Gasteiger partial charge in [0.2, 0.25) is 0 Å². The monoisotopic (exact) mass is 354 g/mol. The van der Waals surface area contributed by atoms with Gasteiger partial charge in [-0.2, -0.15) is 0 Å². The summed E-state index contributed by atoms with van der Waals surface area (Å²) < 4.78 is 0.763. The summed E-state index contributed by atoms with van der Waals surface area (Å²) in [7, 11) is 2.27. The average molecular weight is 355 g/mol. The molecule has 0 heterocycles. The predicted octanol–water partition coefficient (Wildman–Crippen LogP) is 3.90. The second-order valence-electron chi connectivity index (χ2n) is 6.09. The zero-order valence-corrected chi connectivity index (χ0v) is 14.5. The van der Waals surface area contributed by atoms with E-state index < -0.39 is 0 Å². The van der Waals surface area contributed by atoms with E-state index in [0.29, 0.717) is 5.75 Å². The normalized spacial score (nSPS) is 16.5. The molecule has 0 aromatic heterocycles. The first kappa shape index (κ1) is 16.8. The van der Waals surface area contributed by atoms with Gasteiger partial charge in [-0.1, -0.05) is 25.3 Å². The van der Waals surface area contributed by atoms with Crippen molar-refractivity contribution >= 4 is 15.9 Å². The van der Waals surface area contributed by atoms with E-state index >= 15 is 0 Å². The number of aromatic hydroxyl groups is 1. The largest absolute Gasteiger partial charge is 0.507 e. The summed E-state index contributed by atoms with van der Waals surface area (Å²) in [6.07, 6.45) is 8.18.